The van der Waals surface area contributed by atoms with Gasteiger partial charge in [0.25, 0.3) is 0 Å². The second-order valence-electron chi connectivity index (χ2n) is 7.37. The molecule has 0 radical (unpaired) electrons. The van der Waals surface area contributed by atoms with Crippen LogP contribution in [0.3, 0.4) is 0 Å². The molecule has 26 heavy (non-hydrogen) atoms. The maximum Gasteiger partial charge on any atom is 0.317 e. The number of nitrogens with zero attached hydrogens (tertiary/aromatic N) is 2. The summed E-state index contributed by atoms with van der Waals surface area (Å²) < 4.78 is 19.0. The van der Waals surface area contributed by atoms with Gasteiger partial charge < -0.3 is 19.9 Å². The van der Waals surface area contributed by atoms with E-state index in [1.165, 1.54) is 38.1 Å². The summed E-state index contributed by atoms with van der Waals surface area (Å²) in [6, 6.07) is 6.77. The molecule has 0 spiro atoms. The number of hydrogen-bond acceptors (Lipinski definition) is 3. The lowest BCUT2D eigenvalue weighted by molar-refractivity contribution is 0.110. The van der Waals surface area contributed by atoms with Crippen LogP contribution in [0.25, 0.3) is 0 Å². The number of ether oxygens (including phenoxy) is 1. The van der Waals surface area contributed by atoms with Crippen LogP contribution in [0.15, 0.2) is 24.3 Å². The number of likely N-dealkylation sites (tertiary alicyclic amines) is 2. The van der Waals surface area contributed by atoms with Crippen molar-refractivity contribution in [2.45, 2.75) is 51.2 Å². The standard InChI is InChI=1S/C20H30FN3O2/c1-16(23-11-2-3-12-23)7-10-22-20(25)24-13-8-18(9-14-24)26-19-6-4-5-17(21)15-19/h4-6,15-16,18H,2-3,7-14H2,1H3,(H,22,25)/t16-/m1/s1. The SMILES string of the molecule is C[C@H](CCNC(=O)N1CCC(Oc2cccc(F)c2)CC1)N1CCCC1. The van der Waals surface area contributed by atoms with E-state index < -0.39 is 0 Å². The summed E-state index contributed by atoms with van der Waals surface area (Å²) in [6.45, 7) is 6.69. The monoisotopic (exact) mass is 363 g/mol. The first-order valence-electron chi connectivity index (χ1n) is 9.81. The summed E-state index contributed by atoms with van der Waals surface area (Å²) in [6.07, 6.45) is 5.16. The van der Waals surface area contributed by atoms with Gasteiger partial charge in [0.15, 0.2) is 0 Å². The van der Waals surface area contributed by atoms with Gasteiger partial charge in [-0.3, -0.25) is 0 Å². The maximum atomic E-state index is 13.2. The molecular formula is C20H30FN3O2. The highest BCUT2D eigenvalue weighted by molar-refractivity contribution is 5.74. The summed E-state index contributed by atoms with van der Waals surface area (Å²) in [5.74, 6) is 0.270. The third-order valence-corrected chi connectivity index (χ3v) is 5.43. The van der Waals surface area contributed by atoms with E-state index >= 15 is 0 Å². The Bertz CT molecular complexity index is 584. The lowest BCUT2D eigenvalue weighted by Gasteiger charge is -2.32. The lowest BCUT2D eigenvalue weighted by atomic mass is 10.1. The van der Waals surface area contributed by atoms with Crippen molar-refractivity contribution >= 4 is 6.03 Å². The molecule has 3 rings (SSSR count). The van der Waals surface area contributed by atoms with Crippen LogP contribution in [0.5, 0.6) is 5.75 Å². The van der Waals surface area contributed by atoms with Gasteiger partial charge in [0.2, 0.25) is 0 Å². The molecule has 1 N–H and O–H groups in total. The summed E-state index contributed by atoms with van der Waals surface area (Å²) in [7, 11) is 0. The number of rotatable bonds is 6. The molecule has 0 aliphatic carbocycles. The van der Waals surface area contributed by atoms with Crippen LogP contribution in [-0.4, -0.2) is 60.7 Å². The number of carbonyl (C=O) groups excluding carboxylic acids is 1. The van der Waals surface area contributed by atoms with Gasteiger partial charge in [-0.25, -0.2) is 9.18 Å². The van der Waals surface area contributed by atoms with Gasteiger partial charge in [-0.2, -0.15) is 0 Å². The quantitative estimate of drug-likeness (QED) is 0.844. The molecule has 2 saturated heterocycles. The number of halogens is 1. The van der Waals surface area contributed by atoms with Gasteiger partial charge >= 0.3 is 6.03 Å². The van der Waals surface area contributed by atoms with Gasteiger partial charge in [0.05, 0.1) is 0 Å². The minimum atomic E-state index is -0.289. The van der Waals surface area contributed by atoms with Crippen molar-refractivity contribution in [3.63, 3.8) is 0 Å². The van der Waals surface area contributed by atoms with E-state index in [-0.39, 0.29) is 18.0 Å². The van der Waals surface area contributed by atoms with Crippen LogP contribution in [0, 0.1) is 5.82 Å². The van der Waals surface area contributed by atoms with Crippen molar-refractivity contribution in [2.24, 2.45) is 0 Å². The molecule has 2 aliphatic heterocycles. The molecule has 1 aromatic carbocycles. The van der Waals surface area contributed by atoms with E-state index in [1.807, 2.05) is 4.90 Å². The highest BCUT2D eigenvalue weighted by Crippen LogP contribution is 2.20. The molecule has 0 unspecified atom stereocenters. The predicted octanol–water partition coefficient (Wildman–Crippen LogP) is 3.25. The largest absolute Gasteiger partial charge is 0.490 e. The van der Waals surface area contributed by atoms with Crippen molar-refractivity contribution in [2.75, 3.05) is 32.7 Å². The third-order valence-electron chi connectivity index (χ3n) is 5.43. The zero-order valence-electron chi connectivity index (χ0n) is 15.6. The summed E-state index contributed by atoms with van der Waals surface area (Å²) in [4.78, 5) is 16.7. The van der Waals surface area contributed by atoms with Crippen LogP contribution in [0.1, 0.15) is 39.0 Å². The zero-order valence-corrected chi connectivity index (χ0v) is 15.6. The number of carbonyl (C=O) groups is 1. The Kier molecular flexibility index (Phi) is 6.72. The Hall–Kier alpha value is -1.82. The van der Waals surface area contributed by atoms with Crippen LogP contribution >= 0.6 is 0 Å². The lowest BCUT2D eigenvalue weighted by Crippen LogP contribution is -2.47. The van der Waals surface area contributed by atoms with Gasteiger partial charge in [0.1, 0.15) is 17.7 Å². The Labute approximate surface area is 155 Å². The first-order valence-corrected chi connectivity index (χ1v) is 9.81. The molecule has 2 heterocycles. The topological polar surface area (TPSA) is 44.8 Å². The number of piperidine rings is 1. The van der Waals surface area contributed by atoms with Crippen molar-refractivity contribution < 1.29 is 13.9 Å². The molecule has 144 valence electrons. The number of hydrogen-bond donors (Lipinski definition) is 1. The van der Waals surface area contributed by atoms with Crippen LogP contribution in [0.4, 0.5) is 9.18 Å². The maximum absolute atomic E-state index is 13.2. The minimum Gasteiger partial charge on any atom is -0.490 e. The normalized spacial score (nSPS) is 20.2. The fourth-order valence-corrected chi connectivity index (χ4v) is 3.77. The number of benzene rings is 1. The second-order valence-corrected chi connectivity index (χ2v) is 7.37. The molecule has 6 heteroatoms. The van der Waals surface area contributed by atoms with Gasteiger partial charge in [-0.15, -0.1) is 0 Å². The highest BCUT2D eigenvalue weighted by atomic mass is 19.1. The van der Waals surface area contributed by atoms with Crippen LogP contribution < -0.4 is 10.1 Å². The first-order chi connectivity index (χ1) is 12.6. The first kappa shape index (κ1) is 19.0. The Morgan fingerprint density at radius 3 is 2.69 bits per heavy atom. The van der Waals surface area contributed by atoms with E-state index in [1.54, 1.807) is 12.1 Å². The van der Waals surface area contributed by atoms with Gasteiger partial charge in [0, 0.05) is 44.6 Å². The molecule has 0 saturated carbocycles. The molecule has 5 nitrogen and oxygen atoms in total. The molecule has 2 amide bonds. The van der Waals surface area contributed by atoms with Crippen molar-refractivity contribution in [1.82, 2.24) is 15.1 Å². The molecule has 1 aromatic rings. The molecule has 2 aliphatic rings. The molecule has 0 bridgehead atoms. The van der Waals surface area contributed by atoms with E-state index in [2.05, 4.69) is 17.1 Å². The molecule has 2 fully saturated rings. The second kappa shape index (κ2) is 9.21. The van der Waals surface area contributed by atoms with Gasteiger partial charge in [-0.05, 0) is 51.4 Å². The van der Waals surface area contributed by atoms with Crippen molar-refractivity contribution in [3.05, 3.63) is 30.1 Å². The van der Waals surface area contributed by atoms with E-state index in [0.29, 0.717) is 24.9 Å². The average Bonchev–Trinajstić information content (AvgIpc) is 3.17. The highest BCUT2D eigenvalue weighted by Gasteiger charge is 2.24. The Morgan fingerprint density at radius 1 is 1.27 bits per heavy atom. The number of urea groups is 1. The van der Waals surface area contributed by atoms with E-state index in [9.17, 15) is 9.18 Å². The minimum absolute atomic E-state index is 0.0165. The summed E-state index contributed by atoms with van der Waals surface area (Å²) in [5, 5.41) is 3.05. The molecule has 0 aromatic heterocycles. The fraction of sp³-hybridized carbons (Fsp3) is 0.650. The smallest absolute Gasteiger partial charge is 0.317 e. The summed E-state index contributed by atoms with van der Waals surface area (Å²) >= 11 is 0. The predicted molar refractivity (Wildman–Crippen MR) is 99.9 cm³/mol. The Morgan fingerprint density at radius 2 is 2.00 bits per heavy atom. The molecule has 1 atom stereocenters. The fourth-order valence-electron chi connectivity index (χ4n) is 3.77. The zero-order chi connectivity index (χ0) is 18.4. The van der Waals surface area contributed by atoms with Gasteiger partial charge in [-0.1, -0.05) is 6.07 Å². The van der Waals surface area contributed by atoms with E-state index in [4.69, 9.17) is 4.74 Å². The van der Waals surface area contributed by atoms with E-state index in [0.717, 1.165) is 25.8 Å². The molecular weight excluding hydrogens is 333 g/mol. The van der Waals surface area contributed by atoms with Crippen LogP contribution in [-0.2, 0) is 0 Å². The third kappa shape index (κ3) is 5.34. The number of amides is 2. The van der Waals surface area contributed by atoms with Crippen molar-refractivity contribution in [1.29, 1.82) is 0 Å². The average molecular weight is 363 g/mol. The van der Waals surface area contributed by atoms with Crippen LogP contribution in [0.2, 0.25) is 0 Å². The Balaban J connectivity index is 1.34. The summed E-state index contributed by atoms with van der Waals surface area (Å²) in [5.41, 5.74) is 0. The van der Waals surface area contributed by atoms with Crippen molar-refractivity contribution in [3.8, 4) is 5.75 Å². The number of nitrogens with one attached hydrogen (secondary N) is 1.